The van der Waals surface area contributed by atoms with E-state index in [0.29, 0.717) is 53.2 Å². The van der Waals surface area contributed by atoms with Crippen molar-refractivity contribution in [1.82, 2.24) is 14.9 Å². The second-order valence-corrected chi connectivity index (χ2v) is 8.03. The molecule has 8 heteroatoms. The number of aromatic amines is 1. The summed E-state index contributed by atoms with van der Waals surface area (Å²) in [6.45, 7) is 2.49. The zero-order valence-corrected chi connectivity index (χ0v) is 17.6. The van der Waals surface area contributed by atoms with Crippen LogP contribution in [0.15, 0.2) is 47.3 Å². The Labute approximate surface area is 184 Å². The lowest BCUT2D eigenvalue weighted by atomic mass is 10.1. The summed E-state index contributed by atoms with van der Waals surface area (Å²) in [5.74, 6) is 0.444. The summed E-state index contributed by atoms with van der Waals surface area (Å²) in [5.41, 5.74) is 4.02. The fourth-order valence-corrected chi connectivity index (χ4v) is 3.85. The van der Waals surface area contributed by atoms with Gasteiger partial charge in [0, 0.05) is 32.6 Å². The largest absolute Gasteiger partial charge is 0.352 e. The van der Waals surface area contributed by atoms with E-state index in [1.807, 2.05) is 24.3 Å². The van der Waals surface area contributed by atoms with Gasteiger partial charge in [0.2, 0.25) is 5.95 Å². The highest BCUT2D eigenvalue weighted by Crippen LogP contribution is 2.23. The number of halogens is 2. The standard InChI is InChI=1S/C22H19Cl2N5O/c23-18-5-4-15(9-19(18)24)11-26-22-27-20-6-7-29(13-17(20)21(30)28-22)12-16-3-1-2-14(8-16)10-25/h1-5,8-9H,6-7,11-13H2,(H2,26,27,28,30). The molecule has 1 aliphatic rings. The fourth-order valence-electron chi connectivity index (χ4n) is 3.53. The first-order chi connectivity index (χ1) is 14.5. The van der Waals surface area contributed by atoms with Gasteiger partial charge in [0.15, 0.2) is 0 Å². The van der Waals surface area contributed by atoms with E-state index in [1.54, 1.807) is 18.2 Å². The zero-order chi connectivity index (χ0) is 21.1. The van der Waals surface area contributed by atoms with Crippen LogP contribution in [0.5, 0.6) is 0 Å². The molecule has 1 aliphatic heterocycles. The minimum atomic E-state index is -0.132. The number of nitrogens with zero attached hydrogens (tertiary/aromatic N) is 3. The van der Waals surface area contributed by atoms with Gasteiger partial charge in [-0.3, -0.25) is 14.7 Å². The summed E-state index contributed by atoms with van der Waals surface area (Å²) in [6, 6.07) is 15.1. The van der Waals surface area contributed by atoms with E-state index in [9.17, 15) is 4.79 Å². The molecule has 2 aromatic carbocycles. The third kappa shape index (κ3) is 4.65. The molecule has 2 N–H and O–H groups in total. The van der Waals surface area contributed by atoms with Crippen LogP contribution in [0, 0.1) is 11.3 Å². The van der Waals surface area contributed by atoms with Crippen molar-refractivity contribution in [3.05, 3.63) is 90.8 Å². The number of nitriles is 1. The molecule has 0 saturated heterocycles. The summed E-state index contributed by atoms with van der Waals surface area (Å²) in [4.78, 5) is 22.3. The molecule has 0 atom stereocenters. The number of H-pyrrole nitrogens is 1. The number of nitrogens with one attached hydrogen (secondary N) is 2. The molecule has 0 saturated carbocycles. The molecule has 0 bridgehead atoms. The zero-order valence-electron chi connectivity index (χ0n) is 16.1. The van der Waals surface area contributed by atoms with E-state index in [4.69, 9.17) is 28.5 Å². The highest BCUT2D eigenvalue weighted by atomic mass is 35.5. The summed E-state index contributed by atoms with van der Waals surface area (Å²) in [6.07, 6.45) is 0.693. The van der Waals surface area contributed by atoms with Crippen LogP contribution in [0.2, 0.25) is 10.0 Å². The first kappa shape index (κ1) is 20.4. The Morgan fingerprint density at radius 1 is 1.17 bits per heavy atom. The van der Waals surface area contributed by atoms with Crippen molar-refractivity contribution in [1.29, 1.82) is 5.26 Å². The minimum absolute atomic E-state index is 0.132. The SMILES string of the molecule is N#Cc1cccc(CN2CCc3nc(NCc4ccc(Cl)c(Cl)c4)[nH]c(=O)c3C2)c1. The van der Waals surface area contributed by atoms with Gasteiger partial charge in [0.25, 0.3) is 5.56 Å². The Bertz CT molecular complexity index is 1180. The smallest absolute Gasteiger partial charge is 0.257 e. The average Bonchev–Trinajstić information content (AvgIpc) is 2.75. The van der Waals surface area contributed by atoms with Gasteiger partial charge >= 0.3 is 0 Å². The first-order valence-corrected chi connectivity index (χ1v) is 10.3. The first-order valence-electron chi connectivity index (χ1n) is 9.53. The number of anilines is 1. The number of benzene rings is 2. The van der Waals surface area contributed by atoms with Crippen molar-refractivity contribution in [2.75, 3.05) is 11.9 Å². The molecule has 0 aliphatic carbocycles. The summed E-state index contributed by atoms with van der Waals surface area (Å²) in [5, 5.41) is 13.2. The van der Waals surface area contributed by atoms with E-state index in [1.165, 1.54) is 0 Å². The van der Waals surface area contributed by atoms with Gasteiger partial charge < -0.3 is 5.32 Å². The van der Waals surface area contributed by atoms with E-state index >= 15 is 0 Å². The number of aromatic nitrogens is 2. The Balaban J connectivity index is 1.45. The lowest BCUT2D eigenvalue weighted by molar-refractivity contribution is 0.242. The predicted octanol–water partition coefficient (Wildman–Crippen LogP) is 4.12. The topological polar surface area (TPSA) is 84.8 Å². The number of rotatable bonds is 5. The Kier molecular flexibility index (Phi) is 6.05. The summed E-state index contributed by atoms with van der Waals surface area (Å²) < 4.78 is 0. The van der Waals surface area contributed by atoms with Crippen LogP contribution in [0.1, 0.15) is 27.9 Å². The molecule has 30 heavy (non-hydrogen) atoms. The molecule has 152 valence electrons. The van der Waals surface area contributed by atoms with Crippen molar-refractivity contribution >= 4 is 29.2 Å². The summed E-state index contributed by atoms with van der Waals surface area (Å²) >= 11 is 12.0. The minimum Gasteiger partial charge on any atom is -0.352 e. The van der Waals surface area contributed by atoms with Crippen molar-refractivity contribution in [3.8, 4) is 6.07 Å². The molecule has 2 heterocycles. The number of hydrogen-bond donors (Lipinski definition) is 2. The highest BCUT2D eigenvalue weighted by molar-refractivity contribution is 6.42. The normalized spacial score (nSPS) is 13.5. The molecule has 3 aromatic rings. The van der Waals surface area contributed by atoms with Crippen molar-refractivity contribution < 1.29 is 0 Å². The van der Waals surface area contributed by atoms with E-state index in [0.717, 1.165) is 23.4 Å². The molecule has 6 nitrogen and oxygen atoms in total. The summed E-state index contributed by atoms with van der Waals surface area (Å²) in [7, 11) is 0. The third-order valence-electron chi connectivity index (χ3n) is 5.05. The quantitative estimate of drug-likeness (QED) is 0.624. The molecule has 0 spiro atoms. The van der Waals surface area contributed by atoms with Gasteiger partial charge in [-0.2, -0.15) is 5.26 Å². The van der Waals surface area contributed by atoms with Gasteiger partial charge in [-0.25, -0.2) is 4.98 Å². The Morgan fingerprint density at radius 3 is 2.83 bits per heavy atom. The van der Waals surface area contributed by atoms with Gasteiger partial charge in [-0.1, -0.05) is 41.4 Å². The highest BCUT2D eigenvalue weighted by Gasteiger charge is 2.21. The van der Waals surface area contributed by atoms with E-state index < -0.39 is 0 Å². The number of hydrogen-bond acceptors (Lipinski definition) is 5. The van der Waals surface area contributed by atoms with Crippen LogP contribution < -0.4 is 10.9 Å². The van der Waals surface area contributed by atoms with Crippen LogP contribution >= 0.6 is 23.2 Å². The predicted molar refractivity (Wildman–Crippen MR) is 118 cm³/mol. The van der Waals surface area contributed by atoms with Crippen LogP contribution in [0.4, 0.5) is 5.95 Å². The molecule has 0 fully saturated rings. The van der Waals surface area contributed by atoms with E-state index in [-0.39, 0.29) is 5.56 Å². The maximum Gasteiger partial charge on any atom is 0.257 e. The number of fused-ring (bicyclic) bond motifs is 1. The van der Waals surface area contributed by atoms with Crippen molar-refractivity contribution in [3.63, 3.8) is 0 Å². The molecular weight excluding hydrogens is 421 g/mol. The maximum absolute atomic E-state index is 12.6. The maximum atomic E-state index is 12.6. The molecule has 0 amide bonds. The van der Waals surface area contributed by atoms with Gasteiger partial charge in [-0.05, 0) is 35.4 Å². The van der Waals surface area contributed by atoms with Gasteiger partial charge in [0.1, 0.15) is 0 Å². The second kappa shape index (κ2) is 8.88. The molecule has 0 unspecified atom stereocenters. The average molecular weight is 440 g/mol. The van der Waals surface area contributed by atoms with Crippen LogP contribution in [0.3, 0.4) is 0 Å². The lowest BCUT2D eigenvalue weighted by Gasteiger charge is -2.27. The van der Waals surface area contributed by atoms with Crippen molar-refractivity contribution in [2.24, 2.45) is 0 Å². The molecule has 0 radical (unpaired) electrons. The van der Waals surface area contributed by atoms with Crippen LogP contribution in [-0.4, -0.2) is 21.4 Å². The van der Waals surface area contributed by atoms with Gasteiger partial charge in [-0.15, -0.1) is 0 Å². The second-order valence-electron chi connectivity index (χ2n) is 7.21. The van der Waals surface area contributed by atoms with E-state index in [2.05, 4.69) is 26.3 Å². The molecule has 1 aromatic heterocycles. The van der Waals surface area contributed by atoms with Crippen LogP contribution in [0.25, 0.3) is 0 Å². The van der Waals surface area contributed by atoms with Crippen molar-refractivity contribution in [2.45, 2.75) is 26.1 Å². The lowest BCUT2D eigenvalue weighted by Crippen LogP contribution is -2.35. The fraction of sp³-hybridized carbons (Fsp3) is 0.227. The Morgan fingerprint density at radius 2 is 2.03 bits per heavy atom. The molecule has 4 rings (SSSR count). The van der Waals surface area contributed by atoms with Crippen LogP contribution in [-0.2, 0) is 26.1 Å². The Hall–Kier alpha value is -2.85. The monoisotopic (exact) mass is 439 g/mol. The van der Waals surface area contributed by atoms with Gasteiger partial charge in [0.05, 0.1) is 32.9 Å². The third-order valence-corrected chi connectivity index (χ3v) is 5.79. The molecular formula is C22H19Cl2N5O.